The van der Waals surface area contributed by atoms with Crippen LogP contribution in [0, 0.1) is 11.3 Å². The summed E-state index contributed by atoms with van der Waals surface area (Å²) in [5.74, 6) is 0.510. The molecule has 0 atom stereocenters. The third-order valence-corrected chi connectivity index (χ3v) is 4.45. The van der Waals surface area contributed by atoms with Crippen LogP contribution in [0.1, 0.15) is 11.1 Å². The van der Waals surface area contributed by atoms with E-state index < -0.39 is 11.2 Å². The van der Waals surface area contributed by atoms with Gasteiger partial charge in [-0.1, -0.05) is 23.7 Å². The fourth-order valence-corrected chi connectivity index (χ4v) is 3.11. The van der Waals surface area contributed by atoms with E-state index in [0.717, 1.165) is 10.1 Å². The average molecular weight is 322 g/mol. The number of hydrogen-bond acceptors (Lipinski definition) is 4. The third kappa shape index (κ3) is 3.04. The van der Waals surface area contributed by atoms with Crippen LogP contribution >= 0.6 is 23.4 Å². The van der Waals surface area contributed by atoms with E-state index in [9.17, 15) is 9.59 Å². The lowest BCUT2D eigenvalue weighted by atomic mass is 10.2. The van der Waals surface area contributed by atoms with Gasteiger partial charge >= 0.3 is 5.69 Å². The number of nitrogens with zero attached hydrogens (tertiary/aromatic N) is 3. The Morgan fingerprint density at radius 1 is 1.29 bits per heavy atom. The Hall–Kier alpha value is -1.97. The number of rotatable bonds is 3. The van der Waals surface area contributed by atoms with Crippen molar-refractivity contribution in [2.45, 2.75) is 10.8 Å². The van der Waals surface area contributed by atoms with Gasteiger partial charge in [0.15, 0.2) is 0 Å². The lowest BCUT2D eigenvalue weighted by molar-refractivity contribution is 0.631. The van der Waals surface area contributed by atoms with Gasteiger partial charge in [0.05, 0.1) is 0 Å². The SMILES string of the molecule is Cn1c(SCc2cccc(Cl)c2)c(C#N)c(=O)n(C)c1=O. The van der Waals surface area contributed by atoms with Crippen LogP contribution < -0.4 is 11.2 Å². The second-order valence-corrected chi connectivity index (χ2v) is 5.82. The first kappa shape index (κ1) is 15.4. The molecule has 0 bridgehead atoms. The molecule has 1 aromatic heterocycles. The molecule has 0 aliphatic heterocycles. The summed E-state index contributed by atoms with van der Waals surface area (Å²) in [6, 6.07) is 9.17. The van der Waals surface area contributed by atoms with Crippen molar-refractivity contribution in [3.05, 3.63) is 61.3 Å². The normalized spacial score (nSPS) is 10.4. The molecule has 0 radical (unpaired) electrons. The number of halogens is 1. The molecule has 0 spiro atoms. The van der Waals surface area contributed by atoms with E-state index in [1.807, 2.05) is 18.2 Å². The minimum Gasteiger partial charge on any atom is -0.290 e. The average Bonchev–Trinajstić information content (AvgIpc) is 2.47. The summed E-state index contributed by atoms with van der Waals surface area (Å²) in [6.45, 7) is 0. The molecule has 0 aliphatic carbocycles. The van der Waals surface area contributed by atoms with Gasteiger partial charge in [0.2, 0.25) is 0 Å². The summed E-state index contributed by atoms with van der Waals surface area (Å²) in [5, 5.41) is 10.2. The van der Waals surface area contributed by atoms with Gasteiger partial charge in [0.1, 0.15) is 16.7 Å². The van der Waals surface area contributed by atoms with Crippen LogP contribution in [0.4, 0.5) is 0 Å². The molecule has 1 aromatic carbocycles. The number of hydrogen-bond donors (Lipinski definition) is 0. The number of thioether (sulfide) groups is 1. The lowest BCUT2D eigenvalue weighted by Crippen LogP contribution is -2.39. The molecule has 0 saturated heterocycles. The van der Waals surface area contributed by atoms with Crippen molar-refractivity contribution in [3.8, 4) is 6.07 Å². The van der Waals surface area contributed by atoms with E-state index >= 15 is 0 Å². The Morgan fingerprint density at radius 2 is 2.00 bits per heavy atom. The van der Waals surface area contributed by atoms with Crippen molar-refractivity contribution in [2.75, 3.05) is 0 Å². The fourth-order valence-electron chi connectivity index (χ4n) is 1.87. The highest BCUT2D eigenvalue weighted by atomic mass is 35.5. The maximum atomic E-state index is 12.0. The molecular weight excluding hydrogens is 310 g/mol. The van der Waals surface area contributed by atoms with Crippen LogP contribution in [0.2, 0.25) is 5.02 Å². The quantitative estimate of drug-likeness (QED) is 0.639. The maximum absolute atomic E-state index is 12.0. The Morgan fingerprint density at radius 3 is 2.62 bits per heavy atom. The molecule has 21 heavy (non-hydrogen) atoms. The van der Waals surface area contributed by atoms with Crippen molar-refractivity contribution in [1.29, 1.82) is 5.26 Å². The molecule has 0 N–H and O–H groups in total. The van der Waals surface area contributed by atoms with Gasteiger partial charge in [0.25, 0.3) is 5.56 Å². The molecular formula is C14H12ClN3O2S. The summed E-state index contributed by atoms with van der Waals surface area (Å²) in [6.07, 6.45) is 0. The van der Waals surface area contributed by atoms with E-state index in [1.165, 1.54) is 23.4 Å². The van der Waals surface area contributed by atoms with Gasteiger partial charge in [-0.3, -0.25) is 13.9 Å². The maximum Gasteiger partial charge on any atom is 0.331 e. The predicted octanol–water partition coefficient (Wildman–Crippen LogP) is 1.90. The van der Waals surface area contributed by atoms with E-state index in [1.54, 1.807) is 19.2 Å². The van der Waals surface area contributed by atoms with Crippen molar-refractivity contribution >= 4 is 23.4 Å². The van der Waals surface area contributed by atoms with Gasteiger partial charge in [-0.2, -0.15) is 5.26 Å². The van der Waals surface area contributed by atoms with Gasteiger partial charge in [-0.15, -0.1) is 11.8 Å². The van der Waals surface area contributed by atoms with Crippen molar-refractivity contribution in [1.82, 2.24) is 9.13 Å². The predicted molar refractivity (Wildman–Crippen MR) is 82.7 cm³/mol. The fraction of sp³-hybridized carbons (Fsp3) is 0.214. The topological polar surface area (TPSA) is 67.8 Å². The number of nitriles is 1. The van der Waals surface area contributed by atoms with Crippen LogP contribution in [0.25, 0.3) is 0 Å². The molecule has 1 heterocycles. The Balaban J connectivity index is 2.44. The summed E-state index contributed by atoms with van der Waals surface area (Å²) < 4.78 is 2.25. The molecule has 2 rings (SSSR count). The first-order chi connectivity index (χ1) is 9.95. The molecule has 0 saturated carbocycles. The summed E-state index contributed by atoms with van der Waals surface area (Å²) in [4.78, 5) is 23.9. The van der Waals surface area contributed by atoms with Crippen LogP contribution in [-0.4, -0.2) is 9.13 Å². The highest BCUT2D eigenvalue weighted by Gasteiger charge is 2.15. The standard InChI is InChI=1S/C14H12ClN3O2S/c1-17-12(19)11(7-16)13(18(2)14(17)20)21-8-9-4-3-5-10(15)6-9/h3-6H,8H2,1-2H3. The van der Waals surface area contributed by atoms with Crippen molar-refractivity contribution < 1.29 is 0 Å². The van der Waals surface area contributed by atoms with Gasteiger partial charge in [-0.25, -0.2) is 4.79 Å². The monoisotopic (exact) mass is 321 g/mol. The largest absolute Gasteiger partial charge is 0.331 e. The second-order valence-electron chi connectivity index (χ2n) is 4.42. The smallest absolute Gasteiger partial charge is 0.290 e. The molecule has 0 amide bonds. The number of benzene rings is 1. The second kappa shape index (κ2) is 6.20. The summed E-state index contributed by atoms with van der Waals surface area (Å²) >= 11 is 7.18. The molecule has 2 aromatic rings. The van der Waals surface area contributed by atoms with E-state index in [2.05, 4.69) is 0 Å². The van der Waals surface area contributed by atoms with E-state index in [0.29, 0.717) is 15.8 Å². The molecule has 0 aliphatic rings. The summed E-state index contributed by atoms with van der Waals surface area (Å²) in [5.41, 5.74) is -0.0991. The van der Waals surface area contributed by atoms with Gasteiger partial charge < -0.3 is 0 Å². The van der Waals surface area contributed by atoms with Crippen molar-refractivity contribution in [3.63, 3.8) is 0 Å². The zero-order chi connectivity index (χ0) is 15.6. The molecule has 5 nitrogen and oxygen atoms in total. The molecule has 108 valence electrons. The summed E-state index contributed by atoms with van der Waals surface area (Å²) in [7, 11) is 2.90. The van der Waals surface area contributed by atoms with Crippen molar-refractivity contribution in [2.24, 2.45) is 14.1 Å². The van der Waals surface area contributed by atoms with Crippen LogP contribution in [-0.2, 0) is 19.8 Å². The molecule has 0 fully saturated rings. The molecule has 7 heteroatoms. The van der Waals surface area contributed by atoms with Crippen LogP contribution in [0.3, 0.4) is 0 Å². The zero-order valence-corrected chi connectivity index (χ0v) is 13.0. The first-order valence-corrected chi connectivity index (χ1v) is 7.39. The minimum atomic E-state index is -0.575. The first-order valence-electron chi connectivity index (χ1n) is 6.03. The minimum absolute atomic E-state index is 0.0216. The highest BCUT2D eigenvalue weighted by Crippen LogP contribution is 2.24. The number of aromatic nitrogens is 2. The lowest BCUT2D eigenvalue weighted by Gasteiger charge is -2.11. The Bertz CT molecular complexity index is 849. The van der Waals surface area contributed by atoms with Gasteiger partial charge in [-0.05, 0) is 17.7 Å². The van der Waals surface area contributed by atoms with Crippen LogP contribution in [0.5, 0.6) is 0 Å². The van der Waals surface area contributed by atoms with E-state index in [-0.39, 0.29) is 5.56 Å². The molecule has 0 unspecified atom stereocenters. The zero-order valence-electron chi connectivity index (χ0n) is 11.5. The van der Waals surface area contributed by atoms with E-state index in [4.69, 9.17) is 16.9 Å². The third-order valence-electron chi connectivity index (χ3n) is 2.99. The Kier molecular flexibility index (Phi) is 4.56. The highest BCUT2D eigenvalue weighted by molar-refractivity contribution is 7.98. The van der Waals surface area contributed by atoms with Gasteiger partial charge in [0, 0.05) is 24.9 Å². The Labute approximate surface area is 130 Å². The van der Waals surface area contributed by atoms with Crippen LogP contribution in [0.15, 0.2) is 38.9 Å².